The van der Waals surface area contributed by atoms with Crippen molar-refractivity contribution >= 4 is 21.6 Å². The molecule has 2 rings (SSSR count). The van der Waals surface area contributed by atoms with Crippen molar-refractivity contribution in [3.63, 3.8) is 0 Å². The first-order chi connectivity index (χ1) is 8.00. The number of benzene rings is 1. The molecule has 1 aliphatic heterocycles. The molecule has 1 heterocycles. The summed E-state index contributed by atoms with van der Waals surface area (Å²) in [4.78, 5) is 1.62. The van der Waals surface area contributed by atoms with Crippen molar-refractivity contribution in [1.82, 2.24) is 5.32 Å². The van der Waals surface area contributed by atoms with Crippen LogP contribution in [0.5, 0.6) is 0 Å². The molecule has 1 N–H and O–H groups in total. The summed E-state index contributed by atoms with van der Waals surface area (Å²) in [7, 11) is 0. The largest absolute Gasteiger partial charge is 0.418 e. The Morgan fingerprint density at radius 2 is 2.00 bits per heavy atom. The molecule has 2 nitrogen and oxygen atoms in total. The summed E-state index contributed by atoms with van der Waals surface area (Å²) >= 11 is 3.39. The first-order valence-corrected chi connectivity index (χ1v) is 6.19. The molecule has 94 valence electrons. The van der Waals surface area contributed by atoms with Crippen LogP contribution in [0.3, 0.4) is 0 Å². The minimum absolute atomic E-state index is 0.111. The van der Waals surface area contributed by atoms with Gasteiger partial charge in [0.15, 0.2) is 0 Å². The fraction of sp³-hybridized carbons (Fsp3) is 0.455. The molecule has 0 radical (unpaired) electrons. The zero-order chi connectivity index (χ0) is 12.5. The summed E-state index contributed by atoms with van der Waals surface area (Å²) in [5, 5.41) is 3.12. The van der Waals surface area contributed by atoms with Crippen molar-refractivity contribution in [3.05, 3.63) is 29.8 Å². The molecule has 0 aromatic heterocycles. The molecule has 1 aliphatic rings. The highest BCUT2D eigenvalue weighted by Gasteiger charge is 2.35. The molecule has 0 bridgehead atoms. The quantitative estimate of drug-likeness (QED) is 0.634. The fourth-order valence-corrected chi connectivity index (χ4v) is 2.56. The minimum Gasteiger partial charge on any atom is -0.356 e. The lowest BCUT2D eigenvalue weighted by Crippen LogP contribution is -2.49. The van der Waals surface area contributed by atoms with Crippen molar-refractivity contribution in [2.24, 2.45) is 0 Å². The van der Waals surface area contributed by atoms with Crippen LogP contribution in [0.25, 0.3) is 0 Å². The van der Waals surface area contributed by atoms with Gasteiger partial charge >= 0.3 is 6.18 Å². The van der Waals surface area contributed by atoms with Crippen molar-refractivity contribution in [2.75, 3.05) is 24.5 Å². The van der Waals surface area contributed by atoms with Crippen LogP contribution in [0.15, 0.2) is 24.3 Å². The lowest BCUT2D eigenvalue weighted by molar-refractivity contribution is -0.137. The first-order valence-electron chi connectivity index (χ1n) is 5.28. The third kappa shape index (κ3) is 2.74. The summed E-state index contributed by atoms with van der Waals surface area (Å²) in [6.07, 6.45) is -4.31. The van der Waals surface area contributed by atoms with Gasteiger partial charge in [0, 0.05) is 25.3 Å². The standard InChI is InChI=1S/C11H12BrF3N2/c12-10-7-16-5-6-17(10)9-4-2-1-3-8(9)11(13,14)15/h1-4,10,16H,5-7H2. The summed E-state index contributed by atoms with van der Waals surface area (Å²) < 4.78 is 38.6. The number of piperazine rings is 1. The number of para-hydroxylation sites is 1. The Kier molecular flexibility index (Phi) is 3.63. The molecule has 1 aromatic rings. The number of rotatable bonds is 1. The molecule has 1 aromatic carbocycles. The van der Waals surface area contributed by atoms with Crippen molar-refractivity contribution in [2.45, 2.75) is 11.1 Å². The Balaban J connectivity index is 2.37. The molecule has 0 saturated carbocycles. The number of hydrogen-bond donors (Lipinski definition) is 1. The average Bonchev–Trinajstić information content (AvgIpc) is 2.28. The van der Waals surface area contributed by atoms with E-state index in [1.165, 1.54) is 12.1 Å². The van der Waals surface area contributed by atoms with Gasteiger partial charge in [-0.25, -0.2) is 0 Å². The molecule has 1 atom stereocenters. The normalized spacial score (nSPS) is 21.6. The molecule has 6 heteroatoms. The van der Waals surface area contributed by atoms with Gasteiger partial charge in [-0.3, -0.25) is 0 Å². The maximum absolute atomic E-state index is 12.9. The predicted octanol–water partition coefficient (Wildman–Crippen LogP) is 2.84. The van der Waals surface area contributed by atoms with Crippen LogP contribution in [0.4, 0.5) is 18.9 Å². The Bertz CT molecular complexity index is 395. The van der Waals surface area contributed by atoms with Gasteiger partial charge in [-0.2, -0.15) is 13.2 Å². The number of nitrogens with one attached hydrogen (secondary N) is 1. The molecule has 1 fully saturated rings. The van der Waals surface area contributed by atoms with Crippen LogP contribution in [0.1, 0.15) is 5.56 Å². The van der Waals surface area contributed by atoms with Gasteiger partial charge in [-0.1, -0.05) is 28.1 Å². The monoisotopic (exact) mass is 308 g/mol. The lowest BCUT2D eigenvalue weighted by Gasteiger charge is -2.36. The molecule has 0 aliphatic carbocycles. The van der Waals surface area contributed by atoms with Gasteiger partial charge in [-0.15, -0.1) is 0 Å². The summed E-state index contributed by atoms with van der Waals surface area (Å²) in [5.74, 6) is 0. The van der Waals surface area contributed by atoms with Crippen LogP contribution in [-0.2, 0) is 6.18 Å². The van der Waals surface area contributed by atoms with E-state index in [1.807, 2.05) is 0 Å². The zero-order valence-corrected chi connectivity index (χ0v) is 10.6. The second-order valence-corrected chi connectivity index (χ2v) is 4.90. The molecular weight excluding hydrogens is 297 g/mol. The van der Waals surface area contributed by atoms with Gasteiger partial charge < -0.3 is 10.2 Å². The van der Waals surface area contributed by atoms with Gasteiger partial charge in [0.05, 0.1) is 10.5 Å². The smallest absolute Gasteiger partial charge is 0.356 e. The highest BCUT2D eigenvalue weighted by Crippen LogP contribution is 2.37. The predicted molar refractivity (Wildman–Crippen MR) is 64.4 cm³/mol. The van der Waals surface area contributed by atoms with E-state index in [2.05, 4.69) is 21.2 Å². The van der Waals surface area contributed by atoms with E-state index in [1.54, 1.807) is 11.0 Å². The number of halogens is 4. The number of nitrogens with zero attached hydrogens (tertiary/aromatic N) is 1. The van der Waals surface area contributed by atoms with Crippen LogP contribution < -0.4 is 10.2 Å². The molecule has 1 unspecified atom stereocenters. The second-order valence-electron chi connectivity index (χ2n) is 3.85. The number of alkyl halides is 4. The molecule has 17 heavy (non-hydrogen) atoms. The Morgan fingerprint density at radius 3 is 2.65 bits per heavy atom. The maximum Gasteiger partial charge on any atom is 0.418 e. The molecule has 1 saturated heterocycles. The highest BCUT2D eigenvalue weighted by molar-refractivity contribution is 9.09. The topological polar surface area (TPSA) is 15.3 Å². The van der Waals surface area contributed by atoms with E-state index in [0.29, 0.717) is 19.6 Å². The summed E-state index contributed by atoms with van der Waals surface area (Å²) in [5.41, 5.74) is -0.338. The van der Waals surface area contributed by atoms with Crippen LogP contribution in [0.2, 0.25) is 0 Å². The SMILES string of the molecule is FC(F)(F)c1ccccc1N1CCNCC1Br. The highest BCUT2D eigenvalue weighted by atomic mass is 79.9. The second kappa shape index (κ2) is 4.86. The fourth-order valence-electron chi connectivity index (χ4n) is 1.91. The van der Waals surface area contributed by atoms with Gasteiger partial charge in [0.2, 0.25) is 0 Å². The van der Waals surface area contributed by atoms with Crippen molar-refractivity contribution in [1.29, 1.82) is 0 Å². The van der Waals surface area contributed by atoms with E-state index in [9.17, 15) is 13.2 Å². The Hall–Kier alpha value is -0.750. The summed E-state index contributed by atoms with van der Waals surface area (Å²) in [6.45, 7) is 1.88. The number of hydrogen-bond acceptors (Lipinski definition) is 2. The lowest BCUT2D eigenvalue weighted by atomic mass is 10.1. The van der Waals surface area contributed by atoms with Crippen LogP contribution in [0, 0.1) is 0 Å². The Morgan fingerprint density at radius 1 is 1.29 bits per heavy atom. The van der Waals surface area contributed by atoms with Gasteiger partial charge in [0.25, 0.3) is 0 Å². The van der Waals surface area contributed by atoms with E-state index in [4.69, 9.17) is 0 Å². The van der Waals surface area contributed by atoms with E-state index in [-0.39, 0.29) is 10.6 Å². The Labute approximate surface area is 106 Å². The van der Waals surface area contributed by atoms with Crippen LogP contribution >= 0.6 is 15.9 Å². The third-order valence-corrected chi connectivity index (χ3v) is 3.52. The molecule has 0 amide bonds. The number of anilines is 1. The summed E-state index contributed by atoms with van der Waals surface area (Å²) in [6, 6.07) is 5.68. The maximum atomic E-state index is 12.9. The van der Waals surface area contributed by atoms with E-state index >= 15 is 0 Å². The zero-order valence-electron chi connectivity index (χ0n) is 8.97. The third-order valence-electron chi connectivity index (χ3n) is 2.70. The van der Waals surface area contributed by atoms with Gasteiger partial charge in [-0.05, 0) is 12.1 Å². The van der Waals surface area contributed by atoms with Crippen molar-refractivity contribution in [3.8, 4) is 0 Å². The van der Waals surface area contributed by atoms with Crippen molar-refractivity contribution < 1.29 is 13.2 Å². The van der Waals surface area contributed by atoms with E-state index < -0.39 is 11.7 Å². The molecular formula is C11H12BrF3N2. The van der Waals surface area contributed by atoms with Gasteiger partial charge in [0.1, 0.15) is 0 Å². The average molecular weight is 309 g/mol. The van der Waals surface area contributed by atoms with E-state index in [0.717, 1.165) is 6.07 Å². The van der Waals surface area contributed by atoms with Crippen LogP contribution in [-0.4, -0.2) is 24.6 Å². The molecule has 0 spiro atoms. The minimum atomic E-state index is -4.31. The first kappa shape index (κ1) is 12.7.